The number of nitrogens with zero attached hydrogens (tertiary/aromatic N) is 1. The van der Waals surface area contributed by atoms with Crippen molar-refractivity contribution < 1.29 is 14.2 Å². The highest BCUT2D eigenvalue weighted by molar-refractivity contribution is 14.0. The molecule has 25 heavy (non-hydrogen) atoms. The monoisotopic (exact) mass is 465 g/mol. The zero-order chi connectivity index (χ0) is 17.6. The lowest BCUT2D eigenvalue weighted by molar-refractivity contribution is 0.120. The molecule has 0 saturated carbocycles. The van der Waals surface area contributed by atoms with Crippen molar-refractivity contribution in [3.8, 4) is 5.75 Å². The molecule has 7 heteroatoms. The first-order chi connectivity index (χ1) is 11.7. The summed E-state index contributed by atoms with van der Waals surface area (Å²) < 4.78 is 15.9. The standard InChI is InChI=1S/C18H31N3O3.HI/c1-5-19-18(21-15(2)13-22-3)20-11-6-12-24-14-16-7-9-17(23-4)10-8-16;/h7-10,15H,5-6,11-14H2,1-4H3,(H2,19,20,21);1H. The number of aliphatic imine (C=N–C) groups is 1. The van der Waals surface area contributed by atoms with E-state index in [1.807, 2.05) is 24.3 Å². The molecule has 0 aliphatic rings. The van der Waals surface area contributed by atoms with E-state index in [-0.39, 0.29) is 30.0 Å². The van der Waals surface area contributed by atoms with Gasteiger partial charge in [-0.2, -0.15) is 0 Å². The molecule has 1 rings (SSSR count). The molecule has 0 saturated heterocycles. The minimum atomic E-state index is 0. The van der Waals surface area contributed by atoms with Crippen LogP contribution in [0.15, 0.2) is 29.3 Å². The van der Waals surface area contributed by atoms with Crippen LogP contribution in [0.2, 0.25) is 0 Å². The Balaban J connectivity index is 0.00000576. The number of ether oxygens (including phenoxy) is 3. The van der Waals surface area contributed by atoms with Crippen molar-refractivity contribution in [3.05, 3.63) is 29.8 Å². The Morgan fingerprint density at radius 2 is 1.92 bits per heavy atom. The zero-order valence-corrected chi connectivity index (χ0v) is 18.0. The van der Waals surface area contributed by atoms with Crippen molar-refractivity contribution in [3.63, 3.8) is 0 Å². The molecule has 0 radical (unpaired) electrons. The number of benzene rings is 1. The molecule has 1 aromatic carbocycles. The summed E-state index contributed by atoms with van der Waals surface area (Å²) in [6, 6.07) is 8.14. The lowest BCUT2D eigenvalue weighted by atomic mass is 10.2. The topological polar surface area (TPSA) is 64.1 Å². The molecule has 0 aromatic heterocycles. The molecule has 1 unspecified atom stereocenters. The van der Waals surface area contributed by atoms with Gasteiger partial charge in [0, 0.05) is 32.8 Å². The lowest BCUT2D eigenvalue weighted by Crippen LogP contribution is -2.44. The molecule has 6 nitrogen and oxygen atoms in total. The van der Waals surface area contributed by atoms with Gasteiger partial charge in [-0.1, -0.05) is 12.1 Å². The van der Waals surface area contributed by atoms with Gasteiger partial charge in [0.05, 0.1) is 20.3 Å². The zero-order valence-electron chi connectivity index (χ0n) is 15.7. The highest BCUT2D eigenvalue weighted by Crippen LogP contribution is 2.11. The van der Waals surface area contributed by atoms with Crippen LogP contribution in [0, 0.1) is 0 Å². The maximum atomic E-state index is 5.68. The van der Waals surface area contributed by atoms with Gasteiger partial charge < -0.3 is 24.8 Å². The molecule has 0 aliphatic heterocycles. The van der Waals surface area contributed by atoms with Crippen LogP contribution in [0.25, 0.3) is 0 Å². The summed E-state index contributed by atoms with van der Waals surface area (Å²) in [5.74, 6) is 1.68. The van der Waals surface area contributed by atoms with Crippen LogP contribution in [-0.2, 0) is 16.1 Å². The molecule has 0 aliphatic carbocycles. The van der Waals surface area contributed by atoms with E-state index in [0.29, 0.717) is 19.8 Å². The average molecular weight is 465 g/mol. The number of hydrogen-bond acceptors (Lipinski definition) is 4. The number of nitrogens with one attached hydrogen (secondary N) is 2. The minimum Gasteiger partial charge on any atom is -0.497 e. The second kappa shape index (κ2) is 15.2. The Morgan fingerprint density at radius 3 is 2.52 bits per heavy atom. The SMILES string of the molecule is CCNC(=NCCCOCc1ccc(OC)cc1)NC(C)COC.I. The van der Waals surface area contributed by atoms with Gasteiger partial charge in [0.2, 0.25) is 0 Å². The molecular formula is C18H32IN3O3. The van der Waals surface area contributed by atoms with Gasteiger partial charge in [-0.25, -0.2) is 0 Å². The molecule has 0 fully saturated rings. The molecule has 0 bridgehead atoms. The normalized spacial score (nSPS) is 12.2. The lowest BCUT2D eigenvalue weighted by Gasteiger charge is -2.16. The van der Waals surface area contributed by atoms with Crippen molar-refractivity contribution in [1.29, 1.82) is 0 Å². The third kappa shape index (κ3) is 11.2. The van der Waals surface area contributed by atoms with Crippen LogP contribution in [-0.4, -0.2) is 52.5 Å². The molecule has 1 aromatic rings. The Hall–Kier alpha value is -1.06. The van der Waals surface area contributed by atoms with E-state index in [1.165, 1.54) is 0 Å². The van der Waals surface area contributed by atoms with Crippen molar-refractivity contribution in [2.45, 2.75) is 32.9 Å². The summed E-state index contributed by atoms with van der Waals surface area (Å²) in [4.78, 5) is 4.55. The summed E-state index contributed by atoms with van der Waals surface area (Å²) in [6.45, 7) is 7.61. The first-order valence-electron chi connectivity index (χ1n) is 8.44. The van der Waals surface area contributed by atoms with Gasteiger partial charge in [-0.3, -0.25) is 4.99 Å². The average Bonchev–Trinajstić information content (AvgIpc) is 2.58. The maximum absolute atomic E-state index is 5.68. The highest BCUT2D eigenvalue weighted by atomic mass is 127. The van der Waals surface area contributed by atoms with Crippen molar-refractivity contribution >= 4 is 29.9 Å². The predicted octanol–water partition coefficient (Wildman–Crippen LogP) is 2.81. The maximum Gasteiger partial charge on any atom is 0.191 e. The van der Waals surface area contributed by atoms with Gasteiger partial charge >= 0.3 is 0 Å². The van der Waals surface area contributed by atoms with Crippen LogP contribution in [0.5, 0.6) is 5.75 Å². The van der Waals surface area contributed by atoms with Crippen molar-refractivity contribution in [2.75, 3.05) is 40.5 Å². The number of methoxy groups -OCH3 is 2. The summed E-state index contributed by atoms with van der Waals surface area (Å²) in [7, 11) is 3.36. The minimum absolute atomic E-state index is 0. The Labute approximate surface area is 168 Å². The third-order valence-electron chi connectivity index (χ3n) is 3.29. The van der Waals surface area contributed by atoms with Gasteiger partial charge in [0.1, 0.15) is 5.75 Å². The van der Waals surface area contributed by atoms with Gasteiger partial charge in [0.25, 0.3) is 0 Å². The number of hydrogen-bond donors (Lipinski definition) is 2. The fourth-order valence-corrected chi connectivity index (χ4v) is 2.11. The Kier molecular flexibility index (Phi) is 14.6. The predicted molar refractivity (Wildman–Crippen MR) is 113 cm³/mol. The first kappa shape index (κ1) is 23.9. The van der Waals surface area contributed by atoms with Crippen LogP contribution < -0.4 is 15.4 Å². The summed E-state index contributed by atoms with van der Waals surface area (Å²) >= 11 is 0. The summed E-state index contributed by atoms with van der Waals surface area (Å²) in [6.07, 6.45) is 0.880. The largest absolute Gasteiger partial charge is 0.497 e. The second-order valence-electron chi connectivity index (χ2n) is 5.52. The molecule has 2 N–H and O–H groups in total. The van der Waals surface area contributed by atoms with Crippen LogP contribution in [0.1, 0.15) is 25.8 Å². The van der Waals surface area contributed by atoms with E-state index >= 15 is 0 Å². The quantitative estimate of drug-likeness (QED) is 0.228. The first-order valence-corrected chi connectivity index (χ1v) is 8.44. The molecule has 0 amide bonds. The summed E-state index contributed by atoms with van der Waals surface area (Å²) in [5, 5.41) is 6.54. The Bertz CT molecular complexity index is 469. The number of guanidine groups is 1. The molecule has 144 valence electrons. The number of halogens is 1. The van der Waals surface area contributed by atoms with E-state index in [2.05, 4.69) is 29.5 Å². The van der Waals surface area contributed by atoms with Gasteiger partial charge in [-0.05, 0) is 38.0 Å². The number of rotatable bonds is 11. The van der Waals surface area contributed by atoms with E-state index < -0.39 is 0 Å². The fraction of sp³-hybridized carbons (Fsp3) is 0.611. The molecular weight excluding hydrogens is 433 g/mol. The third-order valence-corrected chi connectivity index (χ3v) is 3.29. The van der Waals surface area contributed by atoms with E-state index in [4.69, 9.17) is 14.2 Å². The molecule has 1 atom stereocenters. The van der Waals surface area contributed by atoms with Crippen LogP contribution >= 0.6 is 24.0 Å². The highest BCUT2D eigenvalue weighted by Gasteiger charge is 2.03. The molecule has 0 spiro atoms. The van der Waals surface area contributed by atoms with E-state index in [0.717, 1.165) is 36.8 Å². The second-order valence-corrected chi connectivity index (χ2v) is 5.52. The fourth-order valence-electron chi connectivity index (χ4n) is 2.11. The van der Waals surface area contributed by atoms with Crippen molar-refractivity contribution in [1.82, 2.24) is 10.6 Å². The summed E-state index contributed by atoms with van der Waals surface area (Å²) in [5.41, 5.74) is 1.14. The smallest absolute Gasteiger partial charge is 0.191 e. The molecule has 0 heterocycles. The van der Waals surface area contributed by atoms with Gasteiger partial charge in [0.15, 0.2) is 5.96 Å². The Morgan fingerprint density at radius 1 is 1.20 bits per heavy atom. The van der Waals surface area contributed by atoms with Gasteiger partial charge in [-0.15, -0.1) is 24.0 Å². The van der Waals surface area contributed by atoms with E-state index in [9.17, 15) is 0 Å². The van der Waals surface area contributed by atoms with Crippen LogP contribution in [0.4, 0.5) is 0 Å². The van der Waals surface area contributed by atoms with Crippen LogP contribution in [0.3, 0.4) is 0 Å². The van der Waals surface area contributed by atoms with Crippen molar-refractivity contribution in [2.24, 2.45) is 4.99 Å². The van der Waals surface area contributed by atoms with E-state index in [1.54, 1.807) is 14.2 Å².